The lowest BCUT2D eigenvalue weighted by Gasteiger charge is -2.26. The van der Waals surface area contributed by atoms with E-state index in [2.05, 4.69) is 25.5 Å². The molecule has 1 aliphatic rings. The summed E-state index contributed by atoms with van der Waals surface area (Å²) in [6.45, 7) is 5.38. The van der Waals surface area contributed by atoms with Crippen LogP contribution in [0, 0.1) is 0 Å². The number of aromatic nitrogens is 2. The lowest BCUT2D eigenvalue weighted by atomic mass is 10.2. The molecular formula is C21H25N5O3. The minimum absolute atomic E-state index is 0.0235. The van der Waals surface area contributed by atoms with Crippen molar-refractivity contribution in [3.8, 4) is 11.6 Å². The van der Waals surface area contributed by atoms with Gasteiger partial charge in [0.1, 0.15) is 5.82 Å². The standard InChI is InChI=1S/C21H25N5O3/c27-19(22-9-10-26-11-14-28-15-12-26)7-8-23-20-16-4-1-2-5-17(16)24-21(25-20)18-6-3-13-29-18/h1-6,13H,7-12,14-15H2,(H,22,27)(H,23,24,25). The van der Waals surface area contributed by atoms with Crippen LogP contribution >= 0.6 is 0 Å². The highest BCUT2D eigenvalue weighted by Crippen LogP contribution is 2.24. The van der Waals surface area contributed by atoms with Crippen molar-refractivity contribution in [2.45, 2.75) is 6.42 Å². The Kier molecular flexibility index (Phi) is 6.33. The number of carbonyl (C=O) groups is 1. The second-order valence-corrected chi connectivity index (χ2v) is 6.87. The van der Waals surface area contributed by atoms with Gasteiger partial charge in [-0.2, -0.15) is 0 Å². The molecule has 1 fully saturated rings. The fourth-order valence-electron chi connectivity index (χ4n) is 3.29. The van der Waals surface area contributed by atoms with E-state index in [1.165, 1.54) is 0 Å². The number of benzene rings is 1. The maximum Gasteiger partial charge on any atom is 0.221 e. The summed E-state index contributed by atoms with van der Waals surface area (Å²) in [6, 6.07) is 11.4. The Balaban J connectivity index is 1.32. The fraction of sp³-hybridized carbons (Fsp3) is 0.381. The molecular weight excluding hydrogens is 370 g/mol. The summed E-state index contributed by atoms with van der Waals surface area (Å²) in [5.41, 5.74) is 0.825. The van der Waals surface area contributed by atoms with E-state index in [0.717, 1.165) is 43.8 Å². The monoisotopic (exact) mass is 395 g/mol. The maximum absolute atomic E-state index is 12.2. The highest BCUT2D eigenvalue weighted by atomic mass is 16.5. The molecule has 8 nitrogen and oxygen atoms in total. The second-order valence-electron chi connectivity index (χ2n) is 6.87. The molecule has 0 atom stereocenters. The van der Waals surface area contributed by atoms with E-state index in [1.54, 1.807) is 6.26 Å². The van der Waals surface area contributed by atoms with Gasteiger partial charge in [0, 0.05) is 44.5 Å². The third kappa shape index (κ3) is 5.10. The van der Waals surface area contributed by atoms with Gasteiger partial charge in [0.25, 0.3) is 0 Å². The number of hydrogen-bond acceptors (Lipinski definition) is 7. The van der Waals surface area contributed by atoms with Gasteiger partial charge >= 0.3 is 0 Å². The Bertz CT molecular complexity index is 939. The van der Waals surface area contributed by atoms with Gasteiger partial charge in [-0.15, -0.1) is 0 Å². The van der Waals surface area contributed by atoms with Crippen LogP contribution in [0.3, 0.4) is 0 Å². The number of furan rings is 1. The number of nitrogens with zero attached hydrogens (tertiary/aromatic N) is 3. The highest BCUT2D eigenvalue weighted by molar-refractivity contribution is 5.90. The molecule has 0 spiro atoms. The third-order valence-corrected chi connectivity index (χ3v) is 4.84. The molecule has 0 unspecified atom stereocenters. The molecule has 4 rings (SSSR count). The molecule has 0 saturated carbocycles. The topological polar surface area (TPSA) is 92.5 Å². The first-order valence-electron chi connectivity index (χ1n) is 9.91. The van der Waals surface area contributed by atoms with Crippen molar-refractivity contribution in [1.82, 2.24) is 20.2 Å². The quantitative estimate of drug-likeness (QED) is 0.604. The van der Waals surface area contributed by atoms with Crippen LogP contribution in [0.2, 0.25) is 0 Å². The molecule has 2 N–H and O–H groups in total. The Labute approximate surface area is 169 Å². The summed E-state index contributed by atoms with van der Waals surface area (Å²) >= 11 is 0. The molecule has 0 aliphatic carbocycles. The van der Waals surface area contributed by atoms with Gasteiger partial charge in [-0.05, 0) is 24.3 Å². The van der Waals surface area contributed by atoms with Crippen molar-refractivity contribution in [2.75, 3.05) is 51.3 Å². The number of fused-ring (bicyclic) bond motifs is 1. The van der Waals surface area contributed by atoms with E-state index >= 15 is 0 Å². The average molecular weight is 395 g/mol. The summed E-state index contributed by atoms with van der Waals surface area (Å²) in [6.07, 6.45) is 1.97. The van der Waals surface area contributed by atoms with Gasteiger partial charge in [-0.1, -0.05) is 12.1 Å². The first kappa shape index (κ1) is 19.4. The number of morpholine rings is 1. The lowest BCUT2D eigenvalue weighted by molar-refractivity contribution is -0.120. The number of para-hydroxylation sites is 1. The van der Waals surface area contributed by atoms with E-state index < -0.39 is 0 Å². The molecule has 1 amide bonds. The zero-order chi connectivity index (χ0) is 19.9. The number of ether oxygens (including phenoxy) is 1. The van der Waals surface area contributed by atoms with Crippen molar-refractivity contribution >= 4 is 22.6 Å². The van der Waals surface area contributed by atoms with Gasteiger partial charge < -0.3 is 19.8 Å². The summed E-state index contributed by atoms with van der Waals surface area (Å²) in [4.78, 5) is 23.6. The van der Waals surface area contributed by atoms with Crippen molar-refractivity contribution < 1.29 is 13.9 Å². The molecule has 8 heteroatoms. The normalized spacial score (nSPS) is 14.8. The van der Waals surface area contributed by atoms with Crippen molar-refractivity contribution in [2.24, 2.45) is 0 Å². The van der Waals surface area contributed by atoms with E-state index in [9.17, 15) is 4.79 Å². The zero-order valence-electron chi connectivity index (χ0n) is 16.3. The first-order valence-corrected chi connectivity index (χ1v) is 9.91. The van der Waals surface area contributed by atoms with Crippen molar-refractivity contribution in [3.05, 3.63) is 42.7 Å². The number of hydrogen-bond donors (Lipinski definition) is 2. The van der Waals surface area contributed by atoms with E-state index in [4.69, 9.17) is 9.15 Å². The van der Waals surface area contributed by atoms with Gasteiger partial charge in [0.05, 0.1) is 25.0 Å². The molecule has 0 bridgehead atoms. The molecule has 1 aromatic carbocycles. The van der Waals surface area contributed by atoms with Crippen molar-refractivity contribution in [1.29, 1.82) is 0 Å². The summed E-state index contributed by atoms with van der Waals surface area (Å²) in [5.74, 6) is 1.85. The molecule has 152 valence electrons. The smallest absolute Gasteiger partial charge is 0.221 e. The molecule has 1 aliphatic heterocycles. The minimum Gasteiger partial charge on any atom is -0.461 e. The summed E-state index contributed by atoms with van der Waals surface area (Å²) in [5, 5.41) is 7.17. The van der Waals surface area contributed by atoms with Crippen LogP contribution in [-0.4, -0.2) is 66.7 Å². The Morgan fingerprint density at radius 2 is 1.93 bits per heavy atom. The van der Waals surface area contributed by atoms with E-state index in [-0.39, 0.29) is 5.91 Å². The number of nitrogens with one attached hydrogen (secondary N) is 2. The van der Waals surface area contributed by atoms with Gasteiger partial charge in [-0.3, -0.25) is 9.69 Å². The number of carbonyl (C=O) groups excluding carboxylic acids is 1. The highest BCUT2D eigenvalue weighted by Gasteiger charge is 2.12. The average Bonchev–Trinajstić information content (AvgIpc) is 3.29. The van der Waals surface area contributed by atoms with Crippen LogP contribution in [-0.2, 0) is 9.53 Å². The van der Waals surface area contributed by atoms with Crippen LogP contribution in [0.5, 0.6) is 0 Å². The van der Waals surface area contributed by atoms with Crippen molar-refractivity contribution in [3.63, 3.8) is 0 Å². The van der Waals surface area contributed by atoms with E-state index in [0.29, 0.717) is 36.9 Å². The molecule has 3 aromatic rings. The minimum atomic E-state index is 0.0235. The largest absolute Gasteiger partial charge is 0.461 e. The number of rotatable bonds is 8. The number of anilines is 1. The van der Waals surface area contributed by atoms with Crippen LogP contribution in [0.25, 0.3) is 22.5 Å². The SMILES string of the molecule is O=C(CCNc1nc(-c2ccco2)nc2ccccc12)NCCN1CCOCC1. The molecule has 0 radical (unpaired) electrons. The van der Waals surface area contributed by atoms with E-state index in [1.807, 2.05) is 36.4 Å². The molecule has 29 heavy (non-hydrogen) atoms. The summed E-state index contributed by atoms with van der Waals surface area (Å²) < 4.78 is 10.8. The van der Waals surface area contributed by atoms with Gasteiger partial charge in [-0.25, -0.2) is 9.97 Å². The Hall–Kier alpha value is -2.97. The molecule has 1 saturated heterocycles. The zero-order valence-corrected chi connectivity index (χ0v) is 16.3. The summed E-state index contributed by atoms with van der Waals surface area (Å²) in [7, 11) is 0. The molecule has 3 heterocycles. The van der Waals surface area contributed by atoms with Crippen LogP contribution in [0.15, 0.2) is 47.1 Å². The van der Waals surface area contributed by atoms with Crippen LogP contribution in [0.1, 0.15) is 6.42 Å². The lowest BCUT2D eigenvalue weighted by Crippen LogP contribution is -2.41. The van der Waals surface area contributed by atoms with Crippen LogP contribution in [0.4, 0.5) is 5.82 Å². The van der Waals surface area contributed by atoms with Gasteiger partial charge in [0.15, 0.2) is 11.6 Å². The first-order chi connectivity index (χ1) is 14.3. The third-order valence-electron chi connectivity index (χ3n) is 4.84. The van der Waals surface area contributed by atoms with Crippen LogP contribution < -0.4 is 10.6 Å². The Morgan fingerprint density at radius 1 is 1.07 bits per heavy atom. The fourth-order valence-corrected chi connectivity index (χ4v) is 3.29. The predicted octanol–water partition coefficient (Wildman–Crippen LogP) is 2.14. The predicted molar refractivity (Wildman–Crippen MR) is 111 cm³/mol. The number of amides is 1. The Morgan fingerprint density at radius 3 is 2.76 bits per heavy atom. The maximum atomic E-state index is 12.2. The molecule has 2 aromatic heterocycles. The van der Waals surface area contributed by atoms with Gasteiger partial charge in [0.2, 0.25) is 5.91 Å². The second kappa shape index (κ2) is 9.49.